The van der Waals surface area contributed by atoms with Gasteiger partial charge in [0.2, 0.25) is 0 Å². The van der Waals surface area contributed by atoms with Crippen LogP contribution < -0.4 is 10.1 Å². The summed E-state index contributed by atoms with van der Waals surface area (Å²) in [5, 5.41) is 11.8. The van der Waals surface area contributed by atoms with Gasteiger partial charge in [0, 0.05) is 12.1 Å². The summed E-state index contributed by atoms with van der Waals surface area (Å²) in [5.74, 6) is 0.626. The van der Waals surface area contributed by atoms with Gasteiger partial charge < -0.3 is 15.2 Å². The Morgan fingerprint density at radius 2 is 1.90 bits per heavy atom. The number of hydrogen-bond acceptors (Lipinski definition) is 3. The van der Waals surface area contributed by atoms with E-state index in [4.69, 9.17) is 9.84 Å². The normalized spacial score (nSPS) is 10.1. The van der Waals surface area contributed by atoms with Crippen molar-refractivity contribution in [3.63, 3.8) is 0 Å². The van der Waals surface area contributed by atoms with Gasteiger partial charge >= 0.3 is 0 Å². The predicted octanol–water partition coefficient (Wildman–Crippen LogP) is 2.12. The van der Waals surface area contributed by atoms with E-state index >= 15 is 0 Å². The Balaban J connectivity index is 1.97. The van der Waals surface area contributed by atoms with Crippen LogP contribution in [0.5, 0.6) is 5.75 Å². The van der Waals surface area contributed by atoms with Crippen molar-refractivity contribution in [1.82, 2.24) is 5.32 Å². The van der Waals surface area contributed by atoms with Crippen LogP contribution in [0.15, 0.2) is 48.5 Å². The number of amides is 1. The van der Waals surface area contributed by atoms with Gasteiger partial charge in [-0.25, -0.2) is 0 Å². The number of carbonyl (C=O) groups excluding carboxylic acids is 1. The van der Waals surface area contributed by atoms with Gasteiger partial charge in [0.25, 0.3) is 5.91 Å². The second-order valence-electron chi connectivity index (χ2n) is 4.39. The summed E-state index contributed by atoms with van der Waals surface area (Å²) in [5.41, 5.74) is 2.34. The number of carbonyl (C=O) groups is 1. The van der Waals surface area contributed by atoms with E-state index in [-0.39, 0.29) is 12.5 Å². The third kappa shape index (κ3) is 3.59. The fraction of sp³-hybridized carbons (Fsp3) is 0.188. The van der Waals surface area contributed by atoms with E-state index in [1.165, 1.54) is 0 Å². The van der Waals surface area contributed by atoms with Gasteiger partial charge in [-0.2, -0.15) is 0 Å². The number of methoxy groups -OCH3 is 1. The minimum Gasteiger partial charge on any atom is -0.497 e. The lowest BCUT2D eigenvalue weighted by atomic mass is 10.1. The third-order valence-electron chi connectivity index (χ3n) is 2.99. The SMILES string of the molecule is COc1cccc(CNC(=O)c2ccc(CO)cc2)c1. The molecule has 0 saturated carbocycles. The smallest absolute Gasteiger partial charge is 0.251 e. The number of aliphatic hydroxyl groups is 1. The summed E-state index contributed by atoms with van der Waals surface area (Å²) < 4.78 is 5.14. The first kappa shape index (κ1) is 14.1. The highest BCUT2D eigenvalue weighted by Crippen LogP contribution is 2.12. The molecule has 2 N–H and O–H groups in total. The highest BCUT2D eigenvalue weighted by molar-refractivity contribution is 5.94. The van der Waals surface area contributed by atoms with Gasteiger partial charge in [-0.05, 0) is 35.4 Å². The quantitative estimate of drug-likeness (QED) is 0.875. The molecule has 4 heteroatoms. The molecule has 20 heavy (non-hydrogen) atoms. The highest BCUT2D eigenvalue weighted by atomic mass is 16.5. The Kier molecular flexibility index (Phi) is 4.74. The van der Waals surface area contributed by atoms with Crippen molar-refractivity contribution >= 4 is 5.91 Å². The summed E-state index contributed by atoms with van der Waals surface area (Å²) >= 11 is 0. The number of rotatable bonds is 5. The van der Waals surface area contributed by atoms with Crippen molar-refractivity contribution < 1.29 is 14.6 Å². The van der Waals surface area contributed by atoms with Gasteiger partial charge in [-0.15, -0.1) is 0 Å². The van der Waals surface area contributed by atoms with Crippen LogP contribution in [0.25, 0.3) is 0 Å². The summed E-state index contributed by atoms with van der Waals surface area (Å²) in [6, 6.07) is 14.4. The minimum absolute atomic E-state index is 0.0221. The summed E-state index contributed by atoms with van der Waals surface area (Å²) in [6.07, 6.45) is 0. The highest BCUT2D eigenvalue weighted by Gasteiger charge is 2.05. The van der Waals surface area contributed by atoms with Crippen molar-refractivity contribution in [3.05, 3.63) is 65.2 Å². The number of benzene rings is 2. The molecule has 0 bridgehead atoms. The molecular formula is C16H17NO3. The van der Waals surface area contributed by atoms with Crippen LogP contribution in [0.2, 0.25) is 0 Å². The van der Waals surface area contributed by atoms with Crippen molar-refractivity contribution in [2.75, 3.05) is 7.11 Å². The first-order valence-electron chi connectivity index (χ1n) is 6.34. The van der Waals surface area contributed by atoms with Crippen LogP contribution >= 0.6 is 0 Å². The van der Waals surface area contributed by atoms with E-state index < -0.39 is 0 Å². The summed E-state index contributed by atoms with van der Waals surface area (Å²) in [7, 11) is 1.61. The Hall–Kier alpha value is -2.33. The average molecular weight is 271 g/mol. The standard InChI is InChI=1S/C16H17NO3/c1-20-15-4-2-3-13(9-15)10-17-16(19)14-7-5-12(11-18)6-8-14/h2-9,18H,10-11H2,1H3,(H,17,19). The Labute approximate surface area is 118 Å². The topological polar surface area (TPSA) is 58.6 Å². The van der Waals surface area contributed by atoms with Crippen LogP contribution in [-0.2, 0) is 13.2 Å². The molecule has 104 valence electrons. The molecule has 0 aromatic heterocycles. The second kappa shape index (κ2) is 6.73. The number of ether oxygens (including phenoxy) is 1. The third-order valence-corrected chi connectivity index (χ3v) is 2.99. The van der Waals surface area contributed by atoms with Crippen molar-refractivity contribution in [2.45, 2.75) is 13.2 Å². The number of hydrogen-bond donors (Lipinski definition) is 2. The molecule has 0 fully saturated rings. The molecule has 0 spiro atoms. The summed E-state index contributed by atoms with van der Waals surface area (Å²) in [4.78, 5) is 12.0. The van der Waals surface area contributed by atoms with Crippen molar-refractivity contribution in [3.8, 4) is 5.75 Å². The predicted molar refractivity (Wildman–Crippen MR) is 76.5 cm³/mol. The lowest BCUT2D eigenvalue weighted by molar-refractivity contribution is 0.0951. The van der Waals surface area contributed by atoms with Gasteiger partial charge in [0.15, 0.2) is 0 Å². The molecule has 0 radical (unpaired) electrons. The van der Waals surface area contributed by atoms with Gasteiger partial charge in [0.1, 0.15) is 5.75 Å². The molecule has 4 nitrogen and oxygen atoms in total. The van der Waals surface area contributed by atoms with Crippen molar-refractivity contribution in [2.24, 2.45) is 0 Å². The molecule has 0 aliphatic heterocycles. The van der Waals surface area contributed by atoms with Crippen LogP contribution in [0.4, 0.5) is 0 Å². The van der Waals surface area contributed by atoms with Crippen LogP contribution in [0, 0.1) is 0 Å². The van der Waals surface area contributed by atoms with E-state index in [2.05, 4.69) is 5.32 Å². The molecule has 2 rings (SSSR count). The maximum absolute atomic E-state index is 12.0. The van der Waals surface area contributed by atoms with Crippen molar-refractivity contribution in [1.29, 1.82) is 0 Å². The molecule has 1 amide bonds. The molecule has 0 aliphatic rings. The fourth-order valence-electron chi connectivity index (χ4n) is 1.83. The van der Waals surface area contributed by atoms with E-state index in [9.17, 15) is 4.79 Å². The second-order valence-corrected chi connectivity index (χ2v) is 4.39. The zero-order chi connectivity index (χ0) is 14.4. The first-order chi connectivity index (χ1) is 9.72. The molecule has 0 atom stereocenters. The number of aliphatic hydroxyl groups excluding tert-OH is 1. The van der Waals surface area contributed by atoms with E-state index in [1.54, 1.807) is 31.4 Å². The maximum atomic E-state index is 12.0. The summed E-state index contributed by atoms with van der Waals surface area (Å²) in [6.45, 7) is 0.420. The average Bonchev–Trinajstić information content (AvgIpc) is 2.53. The lowest BCUT2D eigenvalue weighted by Gasteiger charge is -2.07. The monoisotopic (exact) mass is 271 g/mol. The first-order valence-corrected chi connectivity index (χ1v) is 6.34. The molecule has 0 heterocycles. The molecule has 0 unspecified atom stereocenters. The van der Waals surface area contributed by atoms with Gasteiger partial charge in [-0.3, -0.25) is 4.79 Å². The minimum atomic E-state index is -0.141. The van der Waals surface area contributed by atoms with Crippen LogP contribution in [0.1, 0.15) is 21.5 Å². The zero-order valence-corrected chi connectivity index (χ0v) is 11.3. The van der Waals surface area contributed by atoms with Crippen LogP contribution in [-0.4, -0.2) is 18.1 Å². The van der Waals surface area contributed by atoms with E-state index in [1.807, 2.05) is 24.3 Å². The maximum Gasteiger partial charge on any atom is 0.251 e. The molecule has 2 aromatic rings. The van der Waals surface area contributed by atoms with E-state index in [0.29, 0.717) is 12.1 Å². The fourth-order valence-corrected chi connectivity index (χ4v) is 1.83. The zero-order valence-electron chi connectivity index (χ0n) is 11.3. The molecule has 2 aromatic carbocycles. The lowest BCUT2D eigenvalue weighted by Crippen LogP contribution is -2.22. The Morgan fingerprint density at radius 1 is 1.15 bits per heavy atom. The Bertz CT molecular complexity index is 579. The van der Waals surface area contributed by atoms with E-state index in [0.717, 1.165) is 16.9 Å². The van der Waals surface area contributed by atoms with Gasteiger partial charge in [0.05, 0.1) is 13.7 Å². The molecular weight excluding hydrogens is 254 g/mol. The largest absolute Gasteiger partial charge is 0.497 e. The van der Waals surface area contributed by atoms with Gasteiger partial charge in [-0.1, -0.05) is 24.3 Å². The Morgan fingerprint density at radius 3 is 2.55 bits per heavy atom. The molecule has 0 aliphatic carbocycles. The molecule has 0 saturated heterocycles. The number of nitrogens with one attached hydrogen (secondary N) is 1. The van der Waals surface area contributed by atoms with Crippen LogP contribution in [0.3, 0.4) is 0 Å².